The molecule has 0 N–H and O–H groups in total. The quantitative estimate of drug-likeness (QED) is 0.535. The summed E-state index contributed by atoms with van der Waals surface area (Å²) in [6, 6.07) is 0. The molecule has 2 fully saturated rings. The zero-order valence-electron chi connectivity index (χ0n) is 6.06. The highest BCUT2D eigenvalue weighted by Gasteiger charge is 2.46. The number of thioether (sulfide) groups is 1. The topological polar surface area (TPSA) is 17.1 Å². The van der Waals surface area contributed by atoms with Crippen LogP contribution in [0.3, 0.4) is 0 Å². The lowest BCUT2D eigenvalue weighted by Crippen LogP contribution is -2.42. The SMILES string of the molecule is O=C1SCC12CCCCC2. The van der Waals surface area contributed by atoms with Crippen molar-refractivity contribution in [3.8, 4) is 0 Å². The van der Waals surface area contributed by atoms with Gasteiger partial charge in [0.05, 0.1) is 0 Å². The van der Waals surface area contributed by atoms with Gasteiger partial charge in [0.25, 0.3) is 0 Å². The van der Waals surface area contributed by atoms with Crippen LogP contribution < -0.4 is 0 Å². The summed E-state index contributed by atoms with van der Waals surface area (Å²) in [5, 5.41) is 0.479. The van der Waals surface area contributed by atoms with Crippen molar-refractivity contribution in [2.24, 2.45) is 5.41 Å². The summed E-state index contributed by atoms with van der Waals surface area (Å²) in [5.41, 5.74) is 0.183. The first-order valence-electron chi connectivity index (χ1n) is 4.01. The standard InChI is InChI=1S/C8H12OS/c9-7-8(6-10-7)4-2-1-3-5-8/h1-6H2. The Kier molecular flexibility index (Phi) is 1.52. The van der Waals surface area contributed by atoms with E-state index >= 15 is 0 Å². The maximum atomic E-state index is 11.2. The fourth-order valence-electron chi connectivity index (χ4n) is 1.91. The lowest BCUT2D eigenvalue weighted by molar-refractivity contribution is -0.122. The highest BCUT2D eigenvalue weighted by Crippen LogP contribution is 2.49. The molecule has 1 spiro atoms. The van der Waals surface area contributed by atoms with E-state index in [1.807, 2.05) is 0 Å². The minimum absolute atomic E-state index is 0.183. The second-order valence-corrected chi connectivity index (χ2v) is 4.37. The van der Waals surface area contributed by atoms with Crippen molar-refractivity contribution in [2.75, 3.05) is 5.75 Å². The van der Waals surface area contributed by atoms with Gasteiger partial charge in [-0.3, -0.25) is 4.79 Å². The Balaban J connectivity index is 2.06. The van der Waals surface area contributed by atoms with Crippen LogP contribution in [-0.2, 0) is 4.79 Å². The highest BCUT2D eigenvalue weighted by atomic mass is 32.2. The zero-order valence-corrected chi connectivity index (χ0v) is 6.88. The average molecular weight is 156 g/mol. The second-order valence-electron chi connectivity index (χ2n) is 3.42. The van der Waals surface area contributed by atoms with E-state index in [0.29, 0.717) is 5.12 Å². The van der Waals surface area contributed by atoms with Crippen LogP contribution in [-0.4, -0.2) is 10.9 Å². The fourth-order valence-corrected chi connectivity index (χ4v) is 3.08. The predicted molar refractivity (Wildman–Crippen MR) is 43.0 cm³/mol. The van der Waals surface area contributed by atoms with Gasteiger partial charge in [0.1, 0.15) is 0 Å². The summed E-state index contributed by atoms with van der Waals surface area (Å²) >= 11 is 1.53. The Labute approximate surface area is 65.6 Å². The van der Waals surface area contributed by atoms with Gasteiger partial charge in [0.15, 0.2) is 5.12 Å². The van der Waals surface area contributed by atoms with Gasteiger partial charge in [-0.05, 0) is 12.8 Å². The lowest BCUT2D eigenvalue weighted by Gasteiger charge is -2.41. The van der Waals surface area contributed by atoms with Gasteiger partial charge in [-0.2, -0.15) is 0 Å². The molecule has 0 aromatic carbocycles. The number of hydrogen-bond donors (Lipinski definition) is 0. The van der Waals surface area contributed by atoms with E-state index in [9.17, 15) is 4.79 Å². The molecule has 10 heavy (non-hydrogen) atoms. The smallest absolute Gasteiger partial charge is 0.195 e. The minimum Gasteiger partial charge on any atom is -0.287 e. The predicted octanol–water partition coefficient (Wildman–Crippen LogP) is 2.21. The molecular formula is C8H12OS. The molecule has 1 aliphatic carbocycles. The largest absolute Gasteiger partial charge is 0.287 e. The van der Waals surface area contributed by atoms with E-state index in [1.165, 1.54) is 43.9 Å². The normalized spacial score (nSPS) is 30.2. The maximum absolute atomic E-state index is 11.2. The van der Waals surface area contributed by atoms with Crippen LogP contribution in [0.15, 0.2) is 0 Å². The molecule has 1 nitrogen and oxygen atoms in total. The van der Waals surface area contributed by atoms with Crippen LogP contribution in [0, 0.1) is 5.41 Å². The summed E-state index contributed by atoms with van der Waals surface area (Å²) in [5.74, 6) is 1.12. The molecule has 2 aliphatic rings. The summed E-state index contributed by atoms with van der Waals surface area (Å²) < 4.78 is 0. The van der Waals surface area contributed by atoms with Gasteiger partial charge in [-0.1, -0.05) is 31.0 Å². The van der Waals surface area contributed by atoms with Crippen molar-refractivity contribution in [1.29, 1.82) is 0 Å². The fraction of sp³-hybridized carbons (Fsp3) is 0.875. The van der Waals surface area contributed by atoms with Gasteiger partial charge < -0.3 is 0 Å². The molecule has 1 aliphatic heterocycles. The van der Waals surface area contributed by atoms with Crippen LogP contribution >= 0.6 is 11.8 Å². The zero-order chi connectivity index (χ0) is 7.03. The maximum Gasteiger partial charge on any atom is 0.195 e. The van der Waals surface area contributed by atoms with E-state index in [0.717, 1.165) is 5.75 Å². The molecular weight excluding hydrogens is 144 g/mol. The van der Waals surface area contributed by atoms with Crippen molar-refractivity contribution >= 4 is 16.9 Å². The first-order valence-corrected chi connectivity index (χ1v) is 4.99. The third kappa shape index (κ3) is 0.815. The second kappa shape index (κ2) is 2.26. The molecule has 0 amide bonds. The van der Waals surface area contributed by atoms with E-state index in [-0.39, 0.29) is 5.41 Å². The molecule has 0 aromatic rings. The lowest BCUT2D eigenvalue weighted by atomic mass is 9.76. The van der Waals surface area contributed by atoms with Crippen molar-refractivity contribution in [3.05, 3.63) is 0 Å². The Bertz CT molecular complexity index is 159. The Hall–Kier alpha value is 0.0200. The minimum atomic E-state index is 0.183. The first-order chi connectivity index (χ1) is 4.83. The molecule has 1 saturated carbocycles. The third-order valence-corrected chi connectivity index (χ3v) is 4.12. The summed E-state index contributed by atoms with van der Waals surface area (Å²) in [6.07, 6.45) is 6.27. The van der Waals surface area contributed by atoms with Crippen molar-refractivity contribution in [3.63, 3.8) is 0 Å². The average Bonchev–Trinajstić information content (AvgIpc) is 2.04. The molecule has 2 rings (SSSR count). The highest BCUT2D eigenvalue weighted by molar-refractivity contribution is 8.15. The van der Waals surface area contributed by atoms with Crippen LogP contribution in [0.25, 0.3) is 0 Å². The number of rotatable bonds is 0. The van der Waals surface area contributed by atoms with Crippen LogP contribution in [0.4, 0.5) is 0 Å². The molecule has 0 unspecified atom stereocenters. The number of carbonyl (C=O) groups is 1. The number of hydrogen-bond acceptors (Lipinski definition) is 2. The molecule has 0 bridgehead atoms. The summed E-state index contributed by atoms with van der Waals surface area (Å²) in [6.45, 7) is 0. The molecule has 1 saturated heterocycles. The van der Waals surface area contributed by atoms with E-state index in [4.69, 9.17) is 0 Å². The molecule has 2 heteroatoms. The van der Waals surface area contributed by atoms with Crippen LogP contribution in [0.1, 0.15) is 32.1 Å². The monoisotopic (exact) mass is 156 g/mol. The van der Waals surface area contributed by atoms with Crippen molar-refractivity contribution < 1.29 is 4.79 Å². The Morgan fingerprint density at radius 3 is 2.20 bits per heavy atom. The summed E-state index contributed by atoms with van der Waals surface area (Å²) in [4.78, 5) is 11.2. The summed E-state index contributed by atoms with van der Waals surface area (Å²) in [7, 11) is 0. The van der Waals surface area contributed by atoms with Gasteiger partial charge in [-0.25, -0.2) is 0 Å². The van der Waals surface area contributed by atoms with Crippen LogP contribution in [0.2, 0.25) is 0 Å². The van der Waals surface area contributed by atoms with Crippen molar-refractivity contribution in [2.45, 2.75) is 32.1 Å². The van der Waals surface area contributed by atoms with Gasteiger partial charge >= 0.3 is 0 Å². The van der Waals surface area contributed by atoms with Gasteiger partial charge in [0.2, 0.25) is 0 Å². The Morgan fingerprint density at radius 1 is 1.20 bits per heavy atom. The van der Waals surface area contributed by atoms with Crippen LogP contribution in [0.5, 0.6) is 0 Å². The molecule has 1 heterocycles. The van der Waals surface area contributed by atoms with E-state index in [1.54, 1.807) is 0 Å². The van der Waals surface area contributed by atoms with E-state index in [2.05, 4.69) is 0 Å². The first kappa shape index (κ1) is 6.71. The molecule has 0 aromatic heterocycles. The third-order valence-electron chi connectivity index (χ3n) is 2.72. The van der Waals surface area contributed by atoms with E-state index < -0.39 is 0 Å². The van der Waals surface area contributed by atoms with Gasteiger partial charge in [0, 0.05) is 11.2 Å². The molecule has 56 valence electrons. The number of carbonyl (C=O) groups excluding carboxylic acids is 1. The molecule has 0 atom stereocenters. The van der Waals surface area contributed by atoms with Crippen molar-refractivity contribution in [1.82, 2.24) is 0 Å². The molecule has 0 radical (unpaired) electrons. The Morgan fingerprint density at radius 2 is 1.90 bits per heavy atom. The van der Waals surface area contributed by atoms with Gasteiger partial charge in [-0.15, -0.1) is 0 Å².